The molecule has 0 N–H and O–H groups in total. The Bertz CT molecular complexity index is 838. The van der Waals surface area contributed by atoms with Crippen LogP contribution in [0.1, 0.15) is 44.6 Å². The van der Waals surface area contributed by atoms with Gasteiger partial charge in [0.05, 0.1) is 6.54 Å². The molecule has 8 heteroatoms. The second kappa shape index (κ2) is 8.94. The number of benzene rings is 1. The van der Waals surface area contributed by atoms with Gasteiger partial charge in [-0.2, -0.15) is 0 Å². The van der Waals surface area contributed by atoms with Crippen LogP contribution < -0.4 is 0 Å². The van der Waals surface area contributed by atoms with E-state index in [2.05, 4.69) is 16.9 Å². The van der Waals surface area contributed by atoms with Crippen molar-refractivity contribution in [3.05, 3.63) is 34.9 Å². The standard InChI is InChI=1S/C23H29ClF2N4O/c1-17(30-13-10-23(25,26)15-30)18-7-11-29(12-8-18)21(31)6-9-22(14-27-16-28-22)19-2-4-20(24)5-3-19/h2-5,14,16-18H,6-13,15H2,1H3. The van der Waals surface area contributed by atoms with Gasteiger partial charge >= 0.3 is 0 Å². The van der Waals surface area contributed by atoms with Gasteiger partial charge in [0.1, 0.15) is 11.9 Å². The van der Waals surface area contributed by atoms with Crippen molar-refractivity contribution < 1.29 is 13.6 Å². The smallest absolute Gasteiger partial charge is 0.261 e. The monoisotopic (exact) mass is 450 g/mol. The Hall–Kier alpha value is -1.86. The van der Waals surface area contributed by atoms with E-state index in [-0.39, 0.29) is 24.9 Å². The molecule has 2 saturated heterocycles. The van der Waals surface area contributed by atoms with Crippen LogP contribution in [-0.4, -0.2) is 66.4 Å². The first kappa shape index (κ1) is 22.3. The molecule has 1 amide bonds. The van der Waals surface area contributed by atoms with Gasteiger partial charge < -0.3 is 4.90 Å². The van der Waals surface area contributed by atoms with Crippen molar-refractivity contribution in [2.45, 2.75) is 56.5 Å². The van der Waals surface area contributed by atoms with Crippen LogP contribution in [-0.2, 0) is 10.3 Å². The number of piperidine rings is 1. The van der Waals surface area contributed by atoms with Gasteiger partial charge in [-0.25, -0.2) is 13.8 Å². The van der Waals surface area contributed by atoms with Gasteiger partial charge in [0.25, 0.3) is 5.92 Å². The van der Waals surface area contributed by atoms with E-state index in [1.807, 2.05) is 34.1 Å². The first-order valence-electron chi connectivity index (χ1n) is 11.0. The lowest BCUT2D eigenvalue weighted by atomic mass is 9.86. The second-order valence-corrected chi connectivity index (χ2v) is 9.43. The van der Waals surface area contributed by atoms with Crippen LogP contribution in [0.2, 0.25) is 5.02 Å². The Morgan fingerprint density at radius 1 is 1.23 bits per heavy atom. The molecule has 3 heterocycles. The molecular weight excluding hydrogens is 422 g/mol. The maximum absolute atomic E-state index is 13.6. The Kier molecular flexibility index (Phi) is 6.44. The number of likely N-dealkylation sites (tertiary alicyclic amines) is 2. The average molecular weight is 451 g/mol. The SMILES string of the molecule is CC(C1CCN(C(=O)CCC2(c3ccc(Cl)cc3)C=NC=N2)CC1)N1CCC(F)(F)C1. The molecule has 2 atom stereocenters. The van der Waals surface area contributed by atoms with Crippen molar-refractivity contribution in [1.82, 2.24) is 9.80 Å². The summed E-state index contributed by atoms with van der Waals surface area (Å²) in [6, 6.07) is 7.63. The summed E-state index contributed by atoms with van der Waals surface area (Å²) in [7, 11) is 0. The Balaban J connectivity index is 1.29. The highest BCUT2D eigenvalue weighted by atomic mass is 35.5. The van der Waals surface area contributed by atoms with Crippen LogP contribution >= 0.6 is 11.6 Å². The molecule has 3 aliphatic rings. The van der Waals surface area contributed by atoms with Gasteiger partial charge in [-0.15, -0.1) is 0 Å². The lowest BCUT2D eigenvalue weighted by Gasteiger charge is -2.38. The normalized spacial score (nSPS) is 27.2. The summed E-state index contributed by atoms with van der Waals surface area (Å²) >= 11 is 6.01. The van der Waals surface area contributed by atoms with Crippen LogP contribution in [0, 0.1) is 5.92 Å². The van der Waals surface area contributed by atoms with E-state index in [0.717, 1.165) is 18.4 Å². The lowest BCUT2D eigenvalue weighted by Crippen LogP contribution is -2.45. The molecule has 1 aromatic rings. The molecule has 5 nitrogen and oxygen atoms in total. The van der Waals surface area contributed by atoms with Crippen LogP contribution in [0.25, 0.3) is 0 Å². The number of alkyl halides is 2. The van der Waals surface area contributed by atoms with Gasteiger partial charge in [-0.1, -0.05) is 23.7 Å². The van der Waals surface area contributed by atoms with Crippen molar-refractivity contribution in [3.63, 3.8) is 0 Å². The van der Waals surface area contributed by atoms with Crippen LogP contribution in [0.4, 0.5) is 8.78 Å². The van der Waals surface area contributed by atoms with Crippen molar-refractivity contribution in [3.8, 4) is 0 Å². The van der Waals surface area contributed by atoms with Gasteiger partial charge in [0.15, 0.2) is 0 Å². The molecule has 2 unspecified atom stereocenters. The summed E-state index contributed by atoms with van der Waals surface area (Å²) in [4.78, 5) is 25.4. The number of amides is 1. The minimum Gasteiger partial charge on any atom is -0.343 e. The summed E-state index contributed by atoms with van der Waals surface area (Å²) in [6.45, 7) is 3.74. The second-order valence-electron chi connectivity index (χ2n) is 8.99. The molecular formula is C23H29ClF2N4O. The number of nitrogens with zero attached hydrogens (tertiary/aromatic N) is 4. The maximum Gasteiger partial charge on any atom is 0.261 e. The minimum atomic E-state index is -2.56. The quantitative estimate of drug-likeness (QED) is 0.645. The van der Waals surface area contributed by atoms with Crippen LogP contribution in [0.5, 0.6) is 0 Å². The number of aliphatic imine (C=N–C) groups is 2. The van der Waals surface area contributed by atoms with Crippen molar-refractivity contribution >= 4 is 30.1 Å². The zero-order valence-electron chi connectivity index (χ0n) is 17.8. The molecule has 0 saturated carbocycles. The average Bonchev–Trinajstić information content (AvgIpc) is 3.39. The number of hydrogen-bond acceptors (Lipinski definition) is 4. The summed E-state index contributed by atoms with van der Waals surface area (Å²) in [5.74, 6) is -2.09. The van der Waals surface area contributed by atoms with Crippen molar-refractivity contribution in [2.24, 2.45) is 15.9 Å². The summed E-state index contributed by atoms with van der Waals surface area (Å²) < 4.78 is 27.1. The summed E-state index contributed by atoms with van der Waals surface area (Å²) in [5, 5.41) is 0.656. The van der Waals surface area contributed by atoms with Gasteiger partial charge in [-0.3, -0.25) is 14.7 Å². The van der Waals surface area contributed by atoms with E-state index in [1.165, 1.54) is 6.34 Å². The Morgan fingerprint density at radius 2 is 1.94 bits per heavy atom. The molecule has 0 radical (unpaired) electrons. The summed E-state index contributed by atoms with van der Waals surface area (Å²) in [5.41, 5.74) is 0.353. The van der Waals surface area contributed by atoms with E-state index < -0.39 is 11.5 Å². The highest BCUT2D eigenvalue weighted by molar-refractivity contribution is 6.30. The number of carbonyl (C=O) groups is 1. The molecule has 0 bridgehead atoms. The minimum absolute atomic E-state index is 0.0458. The molecule has 0 aromatic heterocycles. The van der Waals surface area contributed by atoms with E-state index in [0.29, 0.717) is 43.4 Å². The molecule has 3 aliphatic heterocycles. The highest BCUT2D eigenvalue weighted by Gasteiger charge is 2.42. The molecule has 2 fully saturated rings. The number of hydrogen-bond donors (Lipinski definition) is 0. The summed E-state index contributed by atoms with van der Waals surface area (Å²) in [6.07, 6.45) is 5.93. The van der Waals surface area contributed by atoms with Crippen LogP contribution in [0.3, 0.4) is 0 Å². The fraction of sp³-hybridized carbons (Fsp3) is 0.609. The maximum atomic E-state index is 13.6. The molecule has 1 aromatic carbocycles. The fourth-order valence-electron chi connectivity index (χ4n) is 4.98. The third-order valence-electron chi connectivity index (χ3n) is 7.06. The zero-order chi connectivity index (χ0) is 22.1. The molecule has 4 rings (SSSR count). The third-order valence-corrected chi connectivity index (χ3v) is 7.31. The number of halogens is 3. The Morgan fingerprint density at radius 3 is 2.52 bits per heavy atom. The predicted octanol–water partition coefficient (Wildman–Crippen LogP) is 4.40. The number of rotatable bonds is 6. The Labute approximate surface area is 187 Å². The van der Waals surface area contributed by atoms with E-state index >= 15 is 0 Å². The van der Waals surface area contributed by atoms with Gasteiger partial charge in [-0.05, 0) is 49.8 Å². The lowest BCUT2D eigenvalue weighted by molar-refractivity contribution is -0.133. The van der Waals surface area contributed by atoms with Gasteiger partial charge in [0.2, 0.25) is 5.91 Å². The van der Waals surface area contributed by atoms with Crippen molar-refractivity contribution in [2.75, 3.05) is 26.2 Å². The van der Waals surface area contributed by atoms with E-state index in [1.54, 1.807) is 6.21 Å². The van der Waals surface area contributed by atoms with E-state index in [4.69, 9.17) is 11.6 Å². The number of carbonyl (C=O) groups excluding carboxylic acids is 1. The third kappa shape index (κ3) is 4.98. The fourth-order valence-corrected chi connectivity index (χ4v) is 5.11. The first-order valence-corrected chi connectivity index (χ1v) is 11.4. The molecule has 31 heavy (non-hydrogen) atoms. The first-order chi connectivity index (χ1) is 14.8. The van der Waals surface area contributed by atoms with Gasteiger partial charge in [0, 0.05) is 49.8 Å². The van der Waals surface area contributed by atoms with Crippen LogP contribution in [0.15, 0.2) is 34.3 Å². The highest BCUT2D eigenvalue weighted by Crippen LogP contribution is 2.34. The predicted molar refractivity (Wildman–Crippen MR) is 119 cm³/mol. The molecule has 0 aliphatic carbocycles. The topological polar surface area (TPSA) is 48.3 Å². The zero-order valence-corrected chi connectivity index (χ0v) is 18.6. The van der Waals surface area contributed by atoms with Crippen molar-refractivity contribution in [1.29, 1.82) is 0 Å². The largest absolute Gasteiger partial charge is 0.343 e. The molecule has 168 valence electrons. The molecule has 0 spiro atoms. The van der Waals surface area contributed by atoms with E-state index in [9.17, 15) is 13.6 Å².